The minimum atomic E-state index is -0.315. The van der Waals surface area contributed by atoms with E-state index in [1.807, 2.05) is 6.07 Å². The molecule has 112 valence electrons. The molecule has 5 nitrogen and oxygen atoms in total. The summed E-state index contributed by atoms with van der Waals surface area (Å²) < 4.78 is 5.66. The van der Waals surface area contributed by atoms with Crippen LogP contribution in [0.15, 0.2) is 24.3 Å². The third-order valence-electron chi connectivity index (χ3n) is 3.06. The number of nitrogen functional groups attached to an aromatic ring is 1. The summed E-state index contributed by atoms with van der Waals surface area (Å²) in [6, 6.07) is 7.00. The Labute approximate surface area is 121 Å². The molecule has 1 amide bonds. The molecule has 0 aliphatic carbocycles. The van der Waals surface area contributed by atoms with Crippen molar-refractivity contribution < 1.29 is 9.53 Å². The van der Waals surface area contributed by atoms with Crippen LogP contribution in [0.25, 0.3) is 0 Å². The van der Waals surface area contributed by atoms with Crippen LogP contribution in [0.2, 0.25) is 0 Å². The van der Waals surface area contributed by atoms with Crippen molar-refractivity contribution in [1.82, 2.24) is 10.3 Å². The summed E-state index contributed by atoms with van der Waals surface area (Å²) in [7, 11) is 2.09. The number of hydrogen-bond acceptors (Lipinski definition) is 4. The van der Waals surface area contributed by atoms with E-state index >= 15 is 0 Å². The van der Waals surface area contributed by atoms with Gasteiger partial charge in [0.2, 0.25) is 0 Å². The number of carbonyl (C=O) groups is 1. The lowest BCUT2D eigenvalue weighted by molar-refractivity contribution is 0.0953. The highest BCUT2D eigenvalue weighted by molar-refractivity contribution is 5.94. The van der Waals surface area contributed by atoms with Gasteiger partial charge in [-0.1, -0.05) is 19.9 Å². The average molecular weight is 279 g/mol. The van der Waals surface area contributed by atoms with E-state index in [0.29, 0.717) is 23.8 Å². The minimum Gasteiger partial charge on any atom is -0.492 e. The first-order valence-electron chi connectivity index (χ1n) is 6.95. The molecule has 1 aromatic carbocycles. The molecule has 0 spiro atoms. The first-order chi connectivity index (χ1) is 9.52. The van der Waals surface area contributed by atoms with E-state index in [9.17, 15) is 4.79 Å². The lowest BCUT2D eigenvalue weighted by Gasteiger charge is -2.18. The van der Waals surface area contributed by atoms with Gasteiger partial charge in [0.05, 0.1) is 0 Å². The Morgan fingerprint density at radius 1 is 1.40 bits per heavy atom. The fraction of sp³-hybridized carbons (Fsp3) is 0.533. The van der Waals surface area contributed by atoms with Crippen LogP contribution in [0.5, 0.6) is 5.75 Å². The molecule has 1 rings (SSSR count). The summed E-state index contributed by atoms with van der Waals surface area (Å²) in [6.07, 6.45) is 1.18. The van der Waals surface area contributed by atoms with Crippen molar-refractivity contribution in [3.63, 3.8) is 0 Å². The predicted molar refractivity (Wildman–Crippen MR) is 80.5 cm³/mol. The zero-order chi connectivity index (χ0) is 15.0. The summed E-state index contributed by atoms with van der Waals surface area (Å²) in [4.78, 5) is 13.6. The van der Waals surface area contributed by atoms with Crippen LogP contribution in [0.3, 0.4) is 0 Å². The van der Waals surface area contributed by atoms with E-state index < -0.39 is 0 Å². The van der Waals surface area contributed by atoms with Gasteiger partial charge in [0.15, 0.2) is 0 Å². The summed E-state index contributed by atoms with van der Waals surface area (Å²) in [5.74, 6) is 6.19. The maximum Gasteiger partial charge on any atom is 0.265 e. The number of rotatable bonds is 8. The van der Waals surface area contributed by atoms with E-state index in [1.54, 1.807) is 18.2 Å². The molecule has 0 saturated carbocycles. The highest BCUT2D eigenvalue weighted by atomic mass is 16.5. The maximum atomic E-state index is 11.4. The van der Waals surface area contributed by atoms with Crippen LogP contribution in [0.1, 0.15) is 30.6 Å². The van der Waals surface area contributed by atoms with E-state index in [-0.39, 0.29) is 5.91 Å². The van der Waals surface area contributed by atoms with Gasteiger partial charge in [0, 0.05) is 12.1 Å². The van der Waals surface area contributed by atoms with E-state index in [2.05, 4.69) is 31.2 Å². The molecule has 3 N–H and O–H groups in total. The van der Waals surface area contributed by atoms with Crippen molar-refractivity contribution >= 4 is 5.91 Å². The number of hydrazine groups is 1. The minimum absolute atomic E-state index is 0.315. The van der Waals surface area contributed by atoms with Gasteiger partial charge < -0.3 is 9.64 Å². The lowest BCUT2D eigenvalue weighted by Crippen LogP contribution is -2.30. The van der Waals surface area contributed by atoms with Gasteiger partial charge in [-0.3, -0.25) is 10.2 Å². The molecule has 0 unspecified atom stereocenters. The van der Waals surface area contributed by atoms with Gasteiger partial charge in [0.1, 0.15) is 12.4 Å². The molecule has 0 saturated heterocycles. The Kier molecular flexibility index (Phi) is 7.04. The number of nitrogens with zero attached hydrogens (tertiary/aromatic N) is 1. The highest BCUT2D eigenvalue weighted by Gasteiger charge is 2.05. The zero-order valence-electron chi connectivity index (χ0n) is 12.6. The Bertz CT molecular complexity index is 421. The second kappa shape index (κ2) is 8.55. The Morgan fingerprint density at radius 2 is 2.15 bits per heavy atom. The van der Waals surface area contributed by atoms with Crippen LogP contribution in [-0.2, 0) is 0 Å². The molecule has 20 heavy (non-hydrogen) atoms. The second-order valence-corrected chi connectivity index (χ2v) is 5.34. The molecular formula is C15H25N3O2. The first-order valence-corrected chi connectivity index (χ1v) is 6.95. The Morgan fingerprint density at radius 3 is 2.80 bits per heavy atom. The lowest BCUT2D eigenvalue weighted by atomic mass is 10.1. The van der Waals surface area contributed by atoms with E-state index in [1.165, 1.54) is 6.42 Å². The fourth-order valence-electron chi connectivity index (χ4n) is 1.72. The molecule has 0 heterocycles. The monoisotopic (exact) mass is 279 g/mol. The molecule has 0 bridgehead atoms. The summed E-state index contributed by atoms with van der Waals surface area (Å²) in [5, 5.41) is 0. The smallest absolute Gasteiger partial charge is 0.265 e. The molecule has 0 aliphatic rings. The number of hydrogen-bond donors (Lipinski definition) is 2. The average Bonchev–Trinajstić information content (AvgIpc) is 2.44. The molecule has 1 aromatic rings. The molecule has 0 aliphatic heterocycles. The topological polar surface area (TPSA) is 67.6 Å². The molecule has 0 fully saturated rings. The largest absolute Gasteiger partial charge is 0.492 e. The van der Waals surface area contributed by atoms with Crippen molar-refractivity contribution in [1.29, 1.82) is 0 Å². The van der Waals surface area contributed by atoms with Gasteiger partial charge >= 0.3 is 0 Å². The van der Waals surface area contributed by atoms with Crippen molar-refractivity contribution in [2.45, 2.75) is 20.3 Å². The summed E-state index contributed by atoms with van der Waals surface area (Å²) in [5.41, 5.74) is 2.61. The molecular weight excluding hydrogens is 254 g/mol. The Balaban J connectivity index is 2.36. The van der Waals surface area contributed by atoms with Crippen molar-refractivity contribution in [3.05, 3.63) is 29.8 Å². The van der Waals surface area contributed by atoms with Gasteiger partial charge in [0.25, 0.3) is 5.91 Å². The predicted octanol–water partition coefficient (Wildman–Crippen LogP) is 1.65. The van der Waals surface area contributed by atoms with Crippen LogP contribution < -0.4 is 16.0 Å². The van der Waals surface area contributed by atoms with Crippen molar-refractivity contribution in [2.75, 3.05) is 26.7 Å². The number of nitrogens with two attached hydrogens (primary N) is 1. The van der Waals surface area contributed by atoms with Gasteiger partial charge in [-0.25, -0.2) is 5.84 Å². The molecule has 0 radical (unpaired) electrons. The fourth-order valence-corrected chi connectivity index (χ4v) is 1.72. The standard InChI is InChI=1S/C15H25N3O2/c1-12(2)7-8-18(3)9-10-20-14-6-4-5-13(11-14)15(19)17-16/h4-6,11-12H,7-10,16H2,1-3H3,(H,17,19). The summed E-state index contributed by atoms with van der Waals surface area (Å²) in [6.45, 7) is 6.97. The third-order valence-corrected chi connectivity index (χ3v) is 3.06. The highest BCUT2D eigenvalue weighted by Crippen LogP contribution is 2.13. The second-order valence-electron chi connectivity index (χ2n) is 5.34. The number of amides is 1. The van der Waals surface area contributed by atoms with Crippen LogP contribution in [-0.4, -0.2) is 37.6 Å². The third kappa shape index (κ3) is 6.04. The Hall–Kier alpha value is -1.59. The van der Waals surface area contributed by atoms with Crippen LogP contribution in [0.4, 0.5) is 0 Å². The number of likely N-dealkylation sites (N-methyl/N-ethyl adjacent to an activating group) is 1. The normalized spacial score (nSPS) is 10.9. The molecule has 0 atom stereocenters. The van der Waals surface area contributed by atoms with Crippen molar-refractivity contribution in [2.24, 2.45) is 11.8 Å². The van der Waals surface area contributed by atoms with Crippen molar-refractivity contribution in [3.8, 4) is 5.75 Å². The first kappa shape index (κ1) is 16.5. The zero-order valence-corrected chi connectivity index (χ0v) is 12.6. The summed E-state index contributed by atoms with van der Waals surface area (Å²) >= 11 is 0. The van der Waals surface area contributed by atoms with Gasteiger partial charge in [-0.2, -0.15) is 0 Å². The van der Waals surface area contributed by atoms with E-state index in [0.717, 1.165) is 13.1 Å². The number of carbonyl (C=O) groups excluding carboxylic acids is 1. The van der Waals surface area contributed by atoms with E-state index in [4.69, 9.17) is 10.6 Å². The number of nitrogens with one attached hydrogen (secondary N) is 1. The van der Waals surface area contributed by atoms with Crippen LogP contribution in [0, 0.1) is 5.92 Å². The maximum absolute atomic E-state index is 11.4. The van der Waals surface area contributed by atoms with Gasteiger partial charge in [-0.05, 0) is 44.1 Å². The molecule has 0 aromatic heterocycles. The van der Waals surface area contributed by atoms with Crippen LogP contribution >= 0.6 is 0 Å². The van der Waals surface area contributed by atoms with Gasteiger partial charge in [-0.15, -0.1) is 0 Å². The SMILES string of the molecule is CC(C)CCN(C)CCOc1cccc(C(=O)NN)c1. The number of benzene rings is 1. The molecule has 5 heteroatoms. The number of ether oxygens (including phenoxy) is 1. The quantitative estimate of drug-likeness (QED) is 0.431.